The largest absolute Gasteiger partial charge is 0.379 e. The standard InChI is InChI=1S/C21H39NO5/c1-16-18(5-8-23-9-10-24-16)11-17-13-26-21(4,27-14-17)12-19-15-25-20(2,3)6-7-22-19/h16-19,22H,5-15H2,1-4H3/t16-,17?,18+,19?,21?/m0/s1. The van der Waals surface area contributed by atoms with Crippen LogP contribution < -0.4 is 5.32 Å². The van der Waals surface area contributed by atoms with Crippen molar-refractivity contribution in [3.05, 3.63) is 0 Å². The molecule has 27 heavy (non-hydrogen) atoms. The molecule has 6 heteroatoms. The Bertz CT molecular complexity index is 450. The maximum Gasteiger partial charge on any atom is 0.167 e. The predicted octanol–water partition coefficient (Wildman–Crippen LogP) is 2.74. The smallest absolute Gasteiger partial charge is 0.167 e. The number of nitrogens with one attached hydrogen (secondary N) is 1. The molecule has 3 fully saturated rings. The van der Waals surface area contributed by atoms with Crippen molar-refractivity contribution in [2.45, 2.75) is 76.9 Å². The minimum atomic E-state index is -0.530. The van der Waals surface area contributed by atoms with Crippen LogP contribution in [0.2, 0.25) is 0 Å². The van der Waals surface area contributed by atoms with Crippen molar-refractivity contribution >= 4 is 0 Å². The molecule has 3 heterocycles. The van der Waals surface area contributed by atoms with E-state index in [1.165, 1.54) is 0 Å². The SMILES string of the molecule is C[C@@H]1OCCOCC[C@@H]1CC1COC(C)(CC2COC(C)(C)CCN2)OC1. The molecule has 0 bridgehead atoms. The summed E-state index contributed by atoms with van der Waals surface area (Å²) in [6.07, 6.45) is 4.23. The van der Waals surface area contributed by atoms with Gasteiger partial charge in [0, 0.05) is 25.0 Å². The molecule has 0 aromatic carbocycles. The predicted molar refractivity (Wildman–Crippen MR) is 104 cm³/mol. The van der Waals surface area contributed by atoms with Gasteiger partial charge < -0.3 is 29.0 Å². The zero-order valence-electron chi connectivity index (χ0n) is 17.6. The lowest BCUT2D eigenvalue weighted by Crippen LogP contribution is -2.48. The fourth-order valence-electron chi connectivity index (χ4n) is 4.28. The van der Waals surface area contributed by atoms with Crippen molar-refractivity contribution in [1.29, 1.82) is 0 Å². The van der Waals surface area contributed by atoms with E-state index in [1.54, 1.807) is 0 Å². The Morgan fingerprint density at radius 2 is 1.74 bits per heavy atom. The van der Waals surface area contributed by atoms with Gasteiger partial charge in [-0.05, 0) is 59.4 Å². The van der Waals surface area contributed by atoms with Gasteiger partial charge in [-0.3, -0.25) is 0 Å². The van der Waals surface area contributed by atoms with Crippen molar-refractivity contribution in [2.75, 3.05) is 46.2 Å². The van der Waals surface area contributed by atoms with E-state index in [1.807, 2.05) is 0 Å². The third-order valence-corrected chi connectivity index (χ3v) is 6.24. The van der Waals surface area contributed by atoms with Gasteiger partial charge >= 0.3 is 0 Å². The first-order valence-corrected chi connectivity index (χ1v) is 10.7. The highest BCUT2D eigenvalue weighted by Gasteiger charge is 2.38. The lowest BCUT2D eigenvalue weighted by Gasteiger charge is -2.41. The second kappa shape index (κ2) is 9.51. The van der Waals surface area contributed by atoms with Gasteiger partial charge in [0.25, 0.3) is 0 Å². The van der Waals surface area contributed by atoms with Crippen molar-refractivity contribution in [2.24, 2.45) is 11.8 Å². The molecule has 3 atom stereocenters. The van der Waals surface area contributed by atoms with Crippen LogP contribution in [0.5, 0.6) is 0 Å². The second-order valence-corrected chi connectivity index (χ2v) is 9.27. The highest BCUT2D eigenvalue weighted by molar-refractivity contribution is 4.84. The first-order valence-electron chi connectivity index (χ1n) is 10.7. The van der Waals surface area contributed by atoms with Crippen molar-refractivity contribution in [1.82, 2.24) is 5.32 Å². The van der Waals surface area contributed by atoms with E-state index in [9.17, 15) is 0 Å². The topological polar surface area (TPSA) is 58.2 Å². The zero-order valence-corrected chi connectivity index (χ0v) is 17.6. The highest BCUT2D eigenvalue weighted by atomic mass is 16.7. The van der Waals surface area contributed by atoms with E-state index >= 15 is 0 Å². The van der Waals surface area contributed by atoms with Gasteiger partial charge in [0.2, 0.25) is 0 Å². The molecule has 0 aromatic rings. The van der Waals surface area contributed by atoms with Gasteiger partial charge in [-0.2, -0.15) is 0 Å². The lowest BCUT2D eigenvalue weighted by molar-refractivity contribution is -0.281. The fourth-order valence-corrected chi connectivity index (χ4v) is 4.28. The summed E-state index contributed by atoms with van der Waals surface area (Å²) in [5.74, 6) is 0.398. The zero-order chi connectivity index (χ0) is 19.3. The summed E-state index contributed by atoms with van der Waals surface area (Å²) in [6.45, 7) is 14.0. The Balaban J connectivity index is 1.44. The van der Waals surface area contributed by atoms with Crippen molar-refractivity contribution < 1.29 is 23.7 Å². The van der Waals surface area contributed by atoms with Crippen LogP contribution in [-0.4, -0.2) is 69.7 Å². The Hall–Kier alpha value is -0.240. The fraction of sp³-hybridized carbons (Fsp3) is 1.00. The van der Waals surface area contributed by atoms with E-state index in [0.717, 1.165) is 52.0 Å². The van der Waals surface area contributed by atoms with Crippen LogP contribution in [0.4, 0.5) is 0 Å². The average Bonchev–Trinajstić information content (AvgIpc) is 2.77. The minimum absolute atomic E-state index is 0.0535. The summed E-state index contributed by atoms with van der Waals surface area (Å²) in [6, 6.07) is 0.268. The Morgan fingerprint density at radius 3 is 2.52 bits per heavy atom. The molecule has 0 saturated carbocycles. The van der Waals surface area contributed by atoms with Gasteiger partial charge in [-0.15, -0.1) is 0 Å². The third kappa shape index (κ3) is 6.65. The number of hydrogen-bond acceptors (Lipinski definition) is 6. The first-order chi connectivity index (χ1) is 12.9. The summed E-state index contributed by atoms with van der Waals surface area (Å²) in [7, 11) is 0. The van der Waals surface area contributed by atoms with Crippen molar-refractivity contribution in [3.63, 3.8) is 0 Å². The van der Waals surface area contributed by atoms with E-state index in [-0.39, 0.29) is 17.7 Å². The van der Waals surface area contributed by atoms with Gasteiger partial charge in [0.05, 0.1) is 44.7 Å². The molecule has 6 nitrogen and oxygen atoms in total. The van der Waals surface area contributed by atoms with Gasteiger partial charge in [-0.1, -0.05) is 0 Å². The Labute approximate surface area is 164 Å². The molecule has 0 aromatic heterocycles. The van der Waals surface area contributed by atoms with Crippen LogP contribution in [0.1, 0.15) is 53.4 Å². The van der Waals surface area contributed by atoms with Gasteiger partial charge in [-0.25, -0.2) is 0 Å². The second-order valence-electron chi connectivity index (χ2n) is 9.27. The maximum atomic E-state index is 6.22. The van der Waals surface area contributed by atoms with Crippen LogP contribution in [0.15, 0.2) is 0 Å². The summed E-state index contributed by atoms with van der Waals surface area (Å²) in [5, 5.41) is 3.59. The molecule has 158 valence electrons. The number of ether oxygens (including phenoxy) is 5. The first kappa shape index (κ1) is 21.5. The van der Waals surface area contributed by atoms with Gasteiger partial charge in [0.1, 0.15) is 0 Å². The van der Waals surface area contributed by atoms with Gasteiger partial charge in [0.15, 0.2) is 5.79 Å². The normalized spacial score (nSPS) is 41.3. The summed E-state index contributed by atoms with van der Waals surface area (Å²) >= 11 is 0. The van der Waals surface area contributed by atoms with Crippen LogP contribution >= 0.6 is 0 Å². The van der Waals surface area contributed by atoms with Crippen LogP contribution in [0.3, 0.4) is 0 Å². The van der Waals surface area contributed by atoms with Crippen LogP contribution in [-0.2, 0) is 23.7 Å². The van der Waals surface area contributed by atoms with Crippen LogP contribution in [0, 0.1) is 11.8 Å². The molecule has 3 aliphatic rings. The minimum Gasteiger partial charge on any atom is -0.379 e. The molecule has 0 spiro atoms. The maximum absolute atomic E-state index is 6.22. The van der Waals surface area contributed by atoms with E-state index < -0.39 is 5.79 Å². The van der Waals surface area contributed by atoms with E-state index in [4.69, 9.17) is 23.7 Å². The Kier molecular flexibility index (Phi) is 7.56. The molecular weight excluding hydrogens is 346 g/mol. The third-order valence-electron chi connectivity index (χ3n) is 6.24. The molecule has 0 aliphatic carbocycles. The molecule has 1 unspecified atom stereocenters. The summed E-state index contributed by atoms with van der Waals surface area (Å²) in [4.78, 5) is 0. The molecule has 0 radical (unpaired) electrons. The monoisotopic (exact) mass is 385 g/mol. The summed E-state index contributed by atoms with van der Waals surface area (Å²) in [5.41, 5.74) is -0.0535. The molecule has 3 rings (SSSR count). The number of rotatable bonds is 4. The molecule has 0 amide bonds. The van der Waals surface area contributed by atoms with E-state index in [0.29, 0.717) is 31.7 Å². The molecule has 1 N–H and O–H groups in total. The Morgan fingerprint density at radius 1 is 0.963 bits per heavy atom. The molecule has 3 aliphatic heterocycles. The molecular formula is C21H39NO5. The van der Waals surface area contributed by atoms with E-state index in [2.05, 4.69) is 33.0 Å². The molecule has 3 saturated heterocycles. The average molecular weight is 386 g/mol. The lowest BCUT2D eigenvalue weighted by atomic mass is 9.88. The van der Waals surface area contributed by atoms with Crippen LogP contribution in [0.25, 0.3) is 0 Å². The highest BCUT2D eigenvalue weighted by Crippen LogP contribution is 2.32. The number of hydrogen-bond donors (Lipinski definition) is 1. The summed E-state index contributed by atoms with van der Waals surface area (Å²) < 4.78 is 29.9. The quantitative estimate of drug-likeness (QED) is 0.803. The van der Waals surface area contributed by atoms with Crippen molar-refractivity contribution in [3.8, 4) is 0 Å².